The highest BCUT2D eigenvalue weighted by molar-refractivity contribution is 9.09. The lowest BCUT2D eigenvalue weighted by molar-refractivity contribution is -0.162. The van der Waals surface area contributed by atoms with Crippen LogP contribution in [0.3, 0.4) is 0 Å². The second-order valence-corrected chi connectivity index (χ2v) is 2.87. The van der Waals surface area contributed by atoms with Gasteiger partial charge in [0.2, 0.25) is 0 Å². The number of halogens is 1. The Balaban J connectivity index is 4.05. The van der Waals surface area contributed by atoms with Gasteiger partial charge in [-0.2, -0.15) is 0 Å². The van der Waals surface area contributed by atoms with Crippen molar-refractivity contribution >= 4 is 33.7 Å². The molecule has 0 aliphatic heterocycles. The molecule has 0 saturated carbocycles. The van der Waals surface area contributed by atoms with E-state index in [1.165, 1.54) is 6.92 Å². The molecule has 0 aromatic carbocycles. The van der Waals surface area contributed by atoms with E-state index in [0.717, 1.165) is 0 Å². The largest absolute Gasteiger partial charge is 0.475 e. The molecule has 0 aliphatic rings. The van der Waals surface area contributed by atoms with Gasteiger partial charge in [0.15, 0.2) is 5.01 Å². The Bertz CT molecular complexity index is 197. The predicted octanol–water partition coefficient (Wildman–Crippen LogP) is -0.0758. The van der Waals surface area contributed by atoms with E-state index in [9.17, 15) is 14.4 Å². The van der Waals surface area contributed by atoms with E-state index in [1.807, 2.05) is 0 Å². The molecular weight excluding hydrogens is 220 g/mol. The number of rotatable bonds is 3. The minimum atomic E-state index is -1.82. The number of carbonyl (C=O) groups is 3. The van der Waals surface area contributed by atoms with Gasteiger partial charge in [0, 0.05) is 0 Å². The van der Waals surface area contributed by atoms with E-state index in [-0.39, 0.29) is 0 Å². The molecule has 0 heterocycles. The van der Waals surface area contributed by atoms with Crippen molar-refractivity contribution < 1.29 is 24.2 Å². The number of aliphatic carboxylic acids is 1. The first-order chi connectivity index (χ1) is 4.95. The second-order valence-electron chi connectivity index (χ2n) is 1.58. The Labute approximate surface area is 70.5 Å². The van der Waals surface area contributed by atoms with E-state index in [2.05, 4.69) is 20.7 Å². The third kappa shape index (κ3) is 3.72. The van der Waals surface area contributed by atoms with Gasteiger partial charge in [-0.25, -0.2) is 9.59 Å². The van der Waals surface area contributed by atoms with Gasteiger partial charge in [0.1, 0.15) is 0 Å². The number of alkyl halides is 1. The zero-order chi connectivity index (χ0) is 9.02. The van der Waals surface area contributed by atoms with Crippen molar-refractivity contribution in [3.63, 3.8) is 0 Å². The van der Waals surface area contributed by atoms with Gasteiger partial charge < -0.3 is 9.84 Å². The van der Waals surface area contributed by atoms with Gasteiger partial charge in [0.25, 0.3) is 0 Å². The molecule has 0 aromatic rings. The number of hydrogen-bond donors (Lipinski definition) is 1. The summed E-state index contributed by atoms with van der Waals surface area (Å²) >= 11 is 2.80. The molecule has 0 amide bonds. The summed E-state index contributed by atoms with van der Waals surface area (Å²) in [6.45, 7) is 1.44. The highest BCUT2D eigenvalue weighted by Crippen LogP contribution is 1.99. The van der Waals surface area contributed by atoms with Gasteiger partial charge in [-0.3, -0.25) is 4.79 Å². The molecule has 0 fully saturated rings. The highest BCUT2D eigenvalue weighted by Gasteiger charge is 2.24. The smallest absolute Gasteiger partial charge is 0.388 e. The summed E-state index contributed by atoms with van der Waals surface area (Å²) in [4.78, 5) is 30.6. The first-order valence-electron chi connectivity index (χ1n) is 2.57. The van der Waals surface area contributed by atoms with Crippen LogP contribution in [-0.4, -0.2) is 27.8 Å². The fourth-order valence-corrected chi connectivity index (χ4v) is 0.458. The third-order valence-electron chi connectivity index (χ3n) is 0.649. The number of carboxylic acid groups (broad SMARTS) is 1. The maximum atomic E-state index is 10.4. The molecule has 0 rings (SSSR count). The van der Waals surface area contributed by atoms with Crippen molar-refractivity contribution in [2.24, 2.45) is 0 Å². The van der Waals surface area contributed by atoms with Gasteiger partial charge in [0.05, 0.1) is 0 Å². The number of carbonyl (C=O) groups excluding carboxylic acids is 2. The molecule has 0 spiro atoms. The van der Waals surface area contributed by atoms with Gasteiger partial charge in [-0.15, -0.1) is 0 Å². The number of hydrogen-bond acceptors (Lipinski definition) is 4. The molecule has 0 aromatic heterocycles. The predicted molar refractivity (Wildman–Crippen MR) is 37.1 cm³/mol. The average molecular weight is 225 g/mol. The summed E-state index contributed by atoms with van der Waals surface area (Å²) < 4.78 is 4.22. The van der Waals surface area contributed by atoms with Gasteiger partial charge in [-0.1, -0.05) is 0 Å². The fraction of sp³-hybridized carbons (Fsp3) is 0.400. The first kappa shape index (κ1) is 10.1. The van der Waals surface area contributed by atoms with Crippen LogP contribution in [0, 0.1) is 0 Å². The molecule has 1 atom stereocenters. The molecule has 6 heteroatoms. The summed E-state index contributed by atoms with van der Waals surface area (Å²) in [5.74, 6) is -4.76. The number of esters is 1. The van der Waals surface area contributed by atoms with E-state index >= 15 is 0 Å². The lowest BCUT2D eigenvalue weighted by Gasteiger charge is -2.02. The molecule has 0 radical (unpaired) electrons. The minimum absolute atomic E-state index is 0.668. The summed E-state index contributed by atoms with van der Waals surface area (Å²) in [5.41, 5.74) is 0. The van der Waals surface area contributed by atoms with E-state index in [1.54, 1.807) is 0 Å². The zero-order valence-corrected chi connectivity index (χ0v) is 7.12. The van der Waals surface area contributed by atoms with E-state index in [0.29, 0.717) is 0 Å². The maximum absolute atomic E-state index is 10.4. The number of Topliss-reactive ketones (excluding diaryl/α,β-unsaturated/α-hetero) is 1. The number of ether oxygens (including phenoxy) is 1. The fourth-order valence-electron chi connectivity index (χ4n) is 0.288. The van der Waals surface area contributed by atoms with Crippen molar-refractivity contribution in [3.05, 3.63) is 0 Å². The lowest BCUT2D eigenvalue weighted by atomic mass is 10.4. The Morgan fingerprint density at radius 2 is 1.91 bits per heavy atom. The normalized spacial score (nSPS) is 11.8. The lowest BCUT2D eigenvalue weighted by Crippen LogP contribution is -2.26. The molecule has 62 valence electrons. The van der Waals surface area contributed by atoms with Crippen LogP contribution in [0.4, 0.5) is 0 Å². The van der Waals surface area contributed by atoms with Crippen LogP contribution in [0.1, 0.15) is 6.92 Å². The molecule has 5 nitrogen and oxygen atoms in total. The van der Waals surface area contributed by atoms with Crippen molar-refractivity contribution in [2.75, 3.05) is 0 Å². The standard InChI is InChI=1S/C5H5BrO5/c1-2(6)11-5(10)3(7)4(8)9/h2H,1H3,(H,8,9). The number of ketones is 1. The Morgan fingerprint density at radius 1 is 1.45 bits per heavy atom. The van der Waals surface area contributed by atoms with Crippen LogP contribution in [0.2, 0.25) is 0 Å². The SMILES string of the molecule is CC(Br)OC(=O)C(=O)C(=O)O. The van der Waals surface area contributed by atoms with Crippen LogP contribution >= 0.6 is 15.9 Å². The summed E-state index contributed by atoms with van der Waals surface area (Å²) in [7, 11) is 0. The molecule has 0 saturated heterocycles. The van der Waals surface area contributed by atoms with Crippen molar-refractivity contribution in [3.8, 4) is 0 Å². The van der Waals surface area contributed by atoms with Gasteiger partial charge in [-0.05, 0) is 22.9 Å². The highest BCUT2D eigenvalue weighted by atomic mass is 79.9. The number of carboxylic acids is 1. The quantitative estimate of drug-likeness (QED) is 0.314. The molecule has 11 heavy (non-hydrogen) atoms. The molecule has 0 bridgehead atoms. The van der Waals surface area contributed by atoms with Crippen LogP contribution < -0.4 is 0 Å². The molecule has 0 aliphatic carbocycles. The maximum Gasteiger partial charge on any atom is 0.388 e. The summed E-state index contributed by atoms with van der Waals surface area (Å²) in [6, 6.07) is 0. The molecular formula is C5H5BrO5. The van der Waals surface area contributed by atoms with E-state index in [4.69, 9.17) is 5.11 Å². The Kier molecular flexibility index (Phi) is 3.73. The third-order valence-corrected chi connectivity index (χ3v) is 0.836. The minimum Gasteiger partial charge on any atom is -0.475 e. The van der Waals surface area contributed by atoms with Crippen LogP contribution in [0.15, 0.2) is 0 Å². The topological polar surface area (TPSA) is 80.7 Å². The van der Waals surface area contributed by atoms with Crippen LogP contribution in [0.25, 0.3) is 0 Å². The summed E-state index contributed by atoms with van der Waals surface area (Å²) in [6.07, 6.45) is 0. The van der Waals surface area contributed by atoms with Crippen molar-refractivity contribution in [1.29, 1.82) is 0 Å². The first-order valence-corrected chi connectivity index (χ1v) is 3.49. The van der Waals surface area contributed by atoms with Crippen LogP contribution in [-0.2, 0) is 19.1 Å². The van der Waals surface area contributed by atoms with Crippen LogP contribution in [0.5, 0.6) is 0 Å². The van der Waals surface area contributed by atoms with Gasteiger partial charge >= 0.3 is 17.7 Å². The summed E-state index contributed by atoms with van der Waals surface area (Å²) in [5, 5.41) is 7.33. The average Bonchev–Trinajstić information content (AvgIpc) is 1.84. The van der Waals surface area contributed by atoms with E-state index < -0.39 is 22.7 Å². The Hall–Kier alpha value is -0.910. The monoisotopic (exact) mass is 224 g/mol. The Morgan fingerprint density at radius 3 is 2.18 bits per heavy atom. The molecule has 1 N–H and O–H groups in total. The van der Waals surface area contributed by atoms with Crippen molar-refractivity contribution in [2.45, 2.75) is 11.9 Å². The van der Waals surface area contributed by atoms with Crippen molar-refractivity contribution in [1.82, 2.24) is 0 Å². The second kappa shape index (κ2) is 4.07. The molecule has 1 unspecified atom stereocenters. The zero-order valence-electron chi connectivity index (χ0n) is 5.54.